The van der Waals surface area contributed by atoms with Gasteiger partial charge in [0.25, 0.3) is 0 Å². The third kappa shape index (κ3) is 2.55. The summed E-state index contributed by atoms with van der Waals surface area (Å²) in [5.41, 5.74) is 0. The molecule has 24 heteroatoms. The summed E-state index contributed by atoms with van der Waals surface area (Å²) in [6.07, 6.45) is 0. The number of nitrogens with zero attached hydrogens (tertiary/aromatic N) is 10. The van der Waals surface area contributed by atoms with Gasteiger partial charge in [0.05, 0.1) is 0 Å². The molecule has 0 spiro atoms. The van der Waals surface area contributed by atoms with Crippen LogP contribution in [0.25, 0.3) is 11.8 Å². The van der Waals surface area contributed by atoms with Gasteiger partial charge >= 0.3 is 35.1 Å². The molecule has 2 heterocycles. The average Bonchev–Trinajstić information content (AvgIpc) is 3.23. The first-order valence-electron chi connectivity index (χ1n) is 6.39. The van der Waals surface area contributed by atoms with Crippen LogP contribution in [0.4, 0.5) is 0 Å². The summed E-state index contributed by atoms with van der Waals surface area (Å²) < 4.78 is 8.75. The minimum atomic E-state index is -4.37. The van der Waals surface area contributed by atoms with Crippen LogP contribution in [0.1, 0.15) is 11.8 Å². The van der Waals surface area contributed by atoms with Gasteiger partial charge in [-0.05, 0) is 0 Å². The molecule has 0 atom stereocenters. The van der Waals surface area contributed by atoms with Gasteiger partial charge < -0.3 is 8.83 Å². The van der Waals surface area contributed by atoms with Crippen molar-refractivity contribution in [3.63, 3.8) is 0 Å². The second-order valence-electron chi connectivity index (χ2n) is 4.64. The Labute approximate surface area is 156 Å². The molecule has 0 bridgehead atoms. The monoisotopic (exact) mass is 436 g/mol. The molecule has 0 N–H and O–H groups in total. The lowest BCUT2D eigenvalue weighted by Crippen LogP contribution is -2.50. The average molecular weight is 436 g/mol. The van der Waals surface area contributed by atoms with Crippen LogP contribution in [-0.2, 0) is 11.6 Å². The smallest absolute Gasteiger partial charge is 0.398 e. The summed E-state index contributed by atoms with van der Waals surface area (Å²) in [4.78, 5) is 53.6. The maximum Gasteiger partial charge on any atom is 0.781 e. The summed E-state index contributed by atoms with van der Waals surface area (Å²) in [5, 5.41) is 76.8. The van der Waals surface area contributed by atoms with Crippen molar-refractivity contribution in [3.8, 4) is 11.8 Å². The van der Waals surface area contributed by atoms with Gasteiger partial charge in [0, 0.05) is 0 Å². The fraction of sp³-hybridized carbons (Fsp3) is 0.333. The number of aromatic nitrogens is 4. The van der Waals surface area contributed by atoms with E-state index in [-0.39, 0.29) is 0 Å². The maximum absolute atomic E-state index is 10.9. The van der Waals surface area contributed by atoms with Gasteiger partial charge in [-0.1, -0.05) is 10.2 Å². The topological polar surface area (TPSA) is 337 Å². The molecule has 2 rings (SSSR count). The molecule has 0 saturated heterocycles. The molecular weight excluding hydrogens is 436 g/mol. The zero-order valence-corrected chi connectivity index (χ0v) is 13.2. The Bertz CT molecular complexity index is 940. The van der Waals surface area contributed by atoms with Crippen LogP contribution in [0, 0.1) is 60.7 Å². The zero-order chi connectivity index (χ0) is 23.0. The molecule has 158 valence electrons. The van der Waals surface area contributed by atoms with E-state index in [1.807, 2.05) is 0 Å². The van der Waals surface area contributed by atoms with E-state index in [0.29, 0.717) is 0 Å². The highest BCUT2D eigenvalue weighted by molar-refractivity contribution is 5.34. The lowest BCUT2D eigenvalue weighted by Gasteiger charge is -2.03. The van der Waals surface area contributed by atoms with Crippen molar-refractivity contribution in [2.45, 2.75) is 11.6 Å². The van der Waals surface area contributed by atoms with Crippen LogP contribution in [0.2, 0.25) is 0 Å². The van der Waals surface area contributed by atoms with E-state index >= 15 is 0 Å². The summed E-state index contributed by atoms with van der Waals surface area (Å²) >= 11 is 0. The maximum atomic E-state index is 10.9. The van der Waals surface area contributed by atoms with Gasteiger partial charge in [0.15, 0.2) is 29.5 Å². The Balaban J connectivity index is 2.64. The second kappa shape index (κ2) is 6.69. The Kier molecular flexibility index (Phi) is 4.68. The molecule has 0 aromatic carbocycles. The van der Waals surface area contributed by atoms with Crippen LogP contribution in [0.15, 0.2) is 8.83 Å². The molecule has 0 amide bonds. The molecule has 0 aliphatic rings. The van der Waals surface area contributed by atoms with E-state index in [1.54, 1.807) is 0 Å². The number of hydrogen-bond donors (Lipinski definition) is 0. The first-order valence-corrected chi connectivity index (χ1v) is 6.39. The molecule has 2 aromatic rings. The predicted molar refractivity (Wildman–Crippen MR) is 72.9 cm³/mol. The highest BCUT2D eigenvalue weighted by Crippen LogP contribution is 2.31. The molecule has 2 aromatic heterocycles. The fourth-order valence-electron chi connectivity index (χ4n) is 1.76. The minimum Gasteiger partial charge on any atom is -0.398 e. The van der Waals surface area contributed by atoms with E-state index in [2.05, 4.69) is 29.2 Å². The van der Waals surface area contributed by atoms with Crippen LogP contribution >= 0.6 is 0 Å². The minimum absolute atomic E-state index is 1.28. The Hall–Kier alpha value is -5.32. The Morgan fingerprint density at radius 2 is 0.733 bits per heavy atom. The highest BCUT2D eigenvalue weighted by Gasteiger charge is 2.79. The lowest BCUT2D eigenvalue weighted by molar-refractivity contribution is -0.989. The highest BCUT2D eigenvalue weighted by atomic mass is 16.8. The van der Waals surface area contributed by atoms with E-state index in [4.69, 9.17) is 0 Å². The normalized spacial score (nSPS) is 11.6. The van der Waals surface area contributed by atoms with Crippen molar-refractivity contribution in [2.75, 3.05) is 0 Å². The number of nitro groups is 6. The van der Waals surface area contributed by atoms with E-state index in [9.17, 15) is 60.7 Å². The molecular formula is C6N10O14. The molecule has 0 aliphatic carbocycles. The van der Waals surface area contributed by atoms with Gasteiger partial charge in [0.2, 0.25) is 0 Å². The molecule has 30 heavy (non-hydrogen) atoms. The van der Waals surface area contributed by atoms with Crippen molar-refractivity contribution < 1.29 is 38.4 Å². The van der Waals surface area contributed by atoms with Crippen LogP contribution < -0.4 is 0 Å². The molecule has 24 nitrogen and oxygen atoms in total. The largest absolute Gasteiger partial charge is 0.781 e. The van der Waals surface area contributed by atoms with Gasteiger partial charge in [0.1, 0.15) is 0 Å². The van der Waals surface area contributed by atoms with Gasteiger partial charge in [-0.2, -0.15) is 0 Å². The number of rotatable bonds is 9. The molecule has 0 aliphatic heterocycles. The lowest BCUT2D eigenvalue weighted by atomic mass is 10.4. The summed E-state index contributed by atoms with van der Waals surface area (Å²) in [5.74, 6) is -15.0. The standard InChI is InChI=1S/C6N10O14/c17-11(18)5(12(19)20,13(21)22)3-9-7-1(29-3)2-8-10-4(30-2)6(14(23)24,15(25)26)16(27)28. The fourth-order valence-corrected chi connectivity index (χ4v) is 1.76. The first-order chi connectivity index (χ1) is 13.8. The predicted octanol–water partition coefficient (Wildman–Crippen LogP) is -2.00. The Morgan fingerprint density at radius 3 is 0.933 bits per heavy atom. The third-order valence-electron chi connectivity index (χ3n) is 3.13. The molecule has 0 unspecified atom stereocenters. The second-order valence-corrected chi connectivity index (χ2v) is 4.64. The van der Waals surface area contributed by atoms with Crippen molar-refractivity contribution >= 4 is 0 Å². The summed E-state index contributed by atoms with van der Waals surface area (Å²) in [6, 6.07) is 0. The van der Waals surface area contributed by atoms with Crippen LogP contribution in [-0.4, -0.2) is 49.9 Å². The van der Waals surface area contributed by atoms with Crippen molar-refractivity contribution in [2.24, 2.45) is 0 Å². The van der Waals surface area contributed by atoms with Gasteiger partial charge in [-0.25, -0.2) is 0 Å². The van der Waals surface area contributed by atoms with Crippen LogP contribution in [0.5, 0.6) is 0 Å². The summed E-state index contributed by atoms with van der Waals surface area (Å²) in [6.45, 7) is 0. The zero-order valence-electron chi connectivity index (χ0n) is 13.2. The van der Waals surface area contributed by atoms with E-state index in [0.717, 1.165) is 0 Å². The molecule has 0 radical (unpaired) electrons. The number of hydrogen-bond acceptors (Lipinski definition) is 18. The van der Waals surface area contributed by atoms with Gasteiger partial charge in [-0.3, -0.25) is 60.7 Å². The molecule has 0 fully saturated rings. The van der Waals surface area contributed by atoms with Crippen LogP contribution in [0.3, 0.4) is 0 Å². The van der Waals surface area contributed by atoms with Gasteiger partial charge in [-0.15, -0.1) is 10.2 Å². The Morgan fingerprint density at radius 1 is 0.500 bits per heavy atom. The van der Waals surface area contributed by atoms with E-state index in [1.165, 1.54) is 0 Å². The van der Waals surface area contributed by atoms with Crippen molar-refractivity contribution in [1.29, 1.82) is 0 Å². The van der Waals surface area contributed by atoms with E-state index < -0.39 is 64.7 Å². The summed E-state index contributed by atoms with van der Waals surface area (Å²) in [7, 11) is 0. The van der Waals surface area contributed by atoms with Crippen molar-refractivity contribution in [1.82, 2.24) is 20.4 Å². The molecule has 0 saturated carbocycles. The quantitative estimate of drug-likeness (QED) is 0.233. The van der Waals surface area contributed by atoms with Crippen molar-refractivity contribution in [3.05, 3.63) is 72.5 Å². The first kappa shape index (κ1) is 21.0. The third-order valence-corrected chi connectivity index (χ3v) is 3.13. The SMILES string of the molecule is O=[N+]([O-])C(c1nnc(-c2nnc(C([N+](=O)[O-])([N+](=O)[O-])[N+](=O)[O-])o2)o1)([N+](=O)[O-])[N+](=O)[O-].